The molecule has 1 heterocycles. The standard InChI is InChI=1S/C35H41N5O5/c1-35(2,36)18-4-3-5-19-37-32(42)24-10-13-27(14-11-24)38-33(43)25-8-6-23(7-9-25)21-40(28-15-16-28)34(44)26-12-17-29-30(20-26)45-22-31(41)39-29/h6-14,17,20,28H,3-5,15-16,18-19,21-22,36H2,1-2H3,(H,37,42)(H,38,43)(H,39,41). The summed E-state index contributed by atoms with van der Waals surface area (Å²) in [6.07, 6.45) is 5.78. The van der Waals surface area contributed by atoms with Crippen LogP contribution in [0.1, 0.15) is 89.0 Å². The number of ether oxygens (including phenoxy) is 1. The molecule has 1 aliphatic carbocycles. The van der Waals surface area contributed by atoms with Crippen LogP contribution in [-0.4, -0.2) is 53.3 Å². The molecular weight excluding hydrogens is 570 g/mol. The van der Waals surface area contributed by atoms with Crippen molar-refractivity contribution in [3.05, 3.63) is 89.0 Å². The topological polar surface area (TPSA) is 143 Å². The van der Waals surface area contributed by atoms with Crippen LogP contribution < -0.4 is 26.4 Å². The van der Waals surface area contributed by atoms with E-state index in [4.69, 9.17) is 10.5 Å². The maximum Gasteiger partial charge on any atom is 0.262 e. The van der Waals surface area contributed by atoms with E-state index in [1.165, 1.54) is 0 Å². The molecule has 0 atom stereocenters. The van der Waals surface area contributed by atoms with Crippen LogP contribution in [0.2, 0.25) is 0 Å². The van der Waals surface area contributed by atoms with Crippen LogP contribution in [-0.2, 0) is 11.3 Å². The first-order valence-corrected chi connectivity index (χ1v) is 15.5. The minimum absolute atomic E-state index is 0.0745. The number of carbonyl (C=O) groups excluding carboxylic acids is 4. The zero-order valence-corrected chi connectivity index (χ0v) is 25.9. The van der Waals surface area contributed by atoms with E-state index in [1.54, 1.807) is 54.6 Å². The monoisotopic (exact) mass is 611 g/mol. The molecule has 0 aromatic heterocycles. The molecule has 3 aromatic carbocycles. The SMILES string of the molecule is CC(C)(N)CCCCCNC(=O)c1ccc(NC(=O)c2ccc(CN(C(=O)c3ccc4c(c3)OCC(=O)N4)C3CC3)cc2)cc1. The van der Waals surface area contributed by atoms with Gasteiger partial charge in [0.15, 0.2) is 6.61 Å². The molecular formula is C35H41N5O5. The average molecular weight is 612 g/mol. The van der Waals surface area contributed by atoms with E-state index in [0.717, 1.165) is 44.1 Å². The molecule has 0 radical (unpaired) electrons. The molecule has 0 unspecified atom stereocenters. The second-order valence-corrected chi connectivity index (χ2v) is 12.5. The summed E-state index contributed by atoms with van der Waals surface area (Å²) in [6.45, 7) is 4.98. The van der Waals surface area contributed by atoms with Crippen molar-refractivity contribution in [1.29, 1.82) is 0 Å². The number of nitrogens with one attached hydrogen (secondary N) is 3. The molecule has 4 amide bonds. The third-order valence-corrected chi connectivity index (χ3v) is 7.87. The van der Waals surface area contributed by atoms with E-state index in [0.29, 0.717) is 46.9 Å². The van der Waals surface area contributed by atoms with Crippen LogP contribution in [0.5, 0.6) is 5.75 Å². The number of carbonyl (C=O) groups is 4. The molecule has 10 nitrogen and oxygen atoms in total. The Hall–Kier alpha value is -4.70. The molecule has 5 N–H and O–H groups in total. The van der Waals surface area contributed by atoms with Crippen molar-refractivity contribution >= 4 is 35.0 Å². The van der Waals surface area contributed by atoms with Crippen molar-refractivity contribution in [2.45, 2.75) is 70.5 Å². The number of fused-ring (bicyclic) bond motifs is 1. The number of hydrogen-bond donors (Lipinski definition) is 4. The minimum atomic E-state index is -0.268. The number of amides is 4. The van der Waals surface area contributed by atoms with Crippen molar-refractivity contribution in [3.8, 4) is 5.75 Å². The summed E-state index contributed by atoms with van der Waals surface area (Å²) in [5.41, 5.74) is 9.41. The molecule has 3 aromatic rings. The predicted octanol–water partition coefficient (Wildman–Crippen LogP) is 5.10. The molecule has 1 aliphatic heterocycles. The fourth-order valence-electron chi connectivity index (χ4n) is 5.18. The Morgan fingerprint density at radius 1 is 0.911 bits per heavy atom. The quantitative estimate of drug-likeness (QED) is 0.198. The summed E-state index contributed by atoms with van der Waals surface area (Å²) in [7, 11) is 0. The smallest absolute Gasteiger partial charge is 0.262 e. The second kappa shape index (κ2) is 13.9. The van der Waals surface area contributed by atoms with Gasteiger partial charge in [-0.1, -0.05) is 25.0 Å². The van der Waals surface area contributed by atoms with E-state index in [9.17, 15) is 19.2 Å². The van der Waals surface area contributed by atoms with Crippen LogP contribution >= 0.6 is 0 Å². The number of benzene rings is 3. The molecule has 5 rings (SSSR count). The van der Waals surface area contributed by atoms with Gasteiger partial charge in [-0.25, -0.2) is 0 Å². The summed E-state index contributed by atoms with van der Waals surface area (Å²) in [5, 5.41) is 8.56. The first-order chi connectivity index (χ1) is 21.6. The Morgan fingerprint density at radius 2 is 1.58 bits per heavy atom. The summed E-state index contributed by atoms with van der Waals surface area (Å²) in [5.74, 6) is -0.253. The number of nitrogens with two attached hydrogens (primary N) is 1. The van der Waals surface area contributed by atoms with Crippen molar-refractivity contribution in [1.82, 2.24) is 10.2 Å². The van der Waals surface area contributed by atoms with Gasteiger partial charge in [0, 0.05) is 47.0 Å². The lowest BCUT2D eigenvalue weighted by Crippen LogP contribution is -2.33. The lowest BCUT2D eigenvalue weighted by Gasteiger charge is -2.24. The highest BCUT2D eigenvalue weighted by Gasteiger charge is 2.33. The van der Waals surface area contributed by atoms with Crippen molar-refractivity contribution < 1.29 is 23.9 Å². The molecule has 236 valence electrons. The van der Waals surface area contributed by atoms with Gasteiger partial charge in [0.05, 0.1) is 5.69 Å². The Balaban J connectivity index is 1.11. The Labute approximate surface area is 263 Å². The molecule has 1 fully saturated rings. The van der Waals surface area contributed by atoms with Crippen LogP contribution in [0.4, 0.5) is 11.4 Å². The van der Waals surface area contributed by atoms with Crippen LogP contribution in [0.3, 0.4) is 0 Å². The lowest BCUT2D eigenvalue weighted by atomic mass is 9.98. The van der Waals surface area contributed by atoms with Crippen molar-refractivity contribution in [2.75, 3.05) is 23.8 Å². The summed E-state index contributed by atoms with van der Waals surface area (Å²) in [6, 6.07) is 19.2. The maximum atomic E-state index is 13.4. The average Bonchev–Trinajstić information content (AvgIpc) is 3.86. The molecule has 1 saturated carbocycles. The molecule has 0 saturated heterocycles. The molecule has 2 aliphatic rings. The first-order valence-electron chi connectivity index (χ1n) is 15.5. The number of hydrogen-bond acceptors (Lipinski definition) is 6. The summed E-state index contributed by atoms with van der Waals surface area (Å²) in [4.78, 5) is 52.2. The highest BCUT2D eigenvalue weighted by molar-refractivity contribution is 6.04. The zero-order valence-electron chi connectivity index (χ0n) is 25.9. The second-order valence-electron chi connectivity index (χ2n) is 12.5. The van der Waals surface area contributed by atoms with E-state index in [1.807, 2.05) is 30.9 Å². The molecule has 45 heavy (non-hydrogen) atoms. The number of nitrogens with zero attached hydrogens (tertiary/aromatic N) is 1. The predicted molar refractivity (Wildman–Crippen MR) is 173 cm³/mol. The Morgan fingerprint density at radius 3 is 2.27 bits per heavy atom. The van der Waals surface area contributed by atoms with Crippen molar-refractivity contribution in [3.63, 3.8) is 0 Å². The van der Waals surface area contributed by atoms with Gasteiger partial charge in [-0.3, -0.25) is 19.2 Å². The van der Waals surface area contributed by atoms with Crippen LogP contribution in [0.25, 0.3) is 0 Å². The van der Waals surface area contributed by atoms with Gasteiger partial charge in [-0.15, -0.1) is 0 Å². The van der Waals surface area contributed by atoms with E-state index in [-0.39, 0.29) is 41.8 Å². The van der Waals surface area contributed by atoms with Crippen LogP contribution in [0.15, 0.2) is 66.7 Å². The minimum Gasteiger partial charge on any atom is -0.482 e. The van der Waals surface area contributed by atoms with Gasteiger partial charge in [0.25, 0.3) is 23.6 Å². The van der Waals surface area contributed by atoms with E-state index in [2.05, 4.69) is 16.0 Å². The number of rotatable bonds is 13. The molecule has 10 heteroatoms. The summed E-state index contributed by atoms with van der Waals surface area (Å²) < 4.78 is 5.49. The Kier molecular flexibility index (Phi) is 9.83. The normalized spacial score (nSPS) is 14.1. The number of anilines is 2. The zero-order chi connectivity index (χ0) is 32.0. The third-order valence-electron chi connectivity index (χ3n) is 7.87. The lowest BCUT2D eigenvalue weighted by molar-refractivity contribution is -0.118. The van der Waals surface area contributed by atoms with Crippen molar-refractivity contribution in [2.24, 2.45) is 5.73 Å². The fraction of sp³-hybridized carbons (Fsp3) is 0.371. The highest BCUT2D eigenvalue weighted by atomic mass is 16.5. The third kappa shape index (κ3) is 8.92. The van der Waals surface area contributed by atoms with Gasteiger partial charge in [0.2, 0.25) is 0 Å². The van der Waals surface area contributed by atoms with Gasteiger partial charge in [0.1, 0.15) is 5.75 Å². The number of unbranched alkanes of at least 4 members (excludes halogenated alkanes) is 2. The maximum absolute atomic E-state index is 13.4. The van der Waals surface area contributed by atoms with E-state index < -0.39 is 0 Å². The molecule has 0 spiro atoms. The summed E-state index contributed by atoms with van der Waals surface area (Å²) >= 11 is 0. The fourth-order valence-corrected chi connectivity index (χ4v) is 5.18. The van der Waals surface area contributed by atoms with Gasteiger partial charge < -0.3 is 31.3 Å². The molecule has 0 bridgehead atoms. The Bertz CT molecular complexity index is 1540. The van der Waals surface area contributed by atoms with Gasteiger partial charge in [-0.05, 0) is 99.7 Å². The van der Waals surface area contributed by atoms with Gasteiger partial charge in [-0.2, -0.15) is 0 Å². The van der Waals surface area contributed by atoms with Gasteiger partial charge >= 0.3 is 0 Å². The first kappa shape index (κ1) is 31.7. The van der Waals surface area contributed by atoms with Crippen LogP contribution in [0, 0.1) is 0 Å². The highest BCUT2D eigenvalue weighted by Crippen LogP contribution is 2.33. The largest absolute Gasteiger partial charge is 0.482 e. The van der Waals surface area contributed by atoms with E-state index >= 15 is 0 Å².